The van der Waals surface area contributed by atoms with E-state index in [1.54, 1.807) is 0 Å². The van der Waals surface area contributed by atoms with Crippen molar-refractivity contribution in [1.82, 2.24) is 0 Å². The van der Waals surface area contributed by atoms with Crippen molar-refractivity contribution in [3.8, 4) is 0 Å². The number of hydrogen-bond acceptors (Lipinski definition) is 4. The SMILES string of the molecule is CCCCCCOC(=O)C(CC)(CCCC)C1(C)OO1. The molecule has 0 saturated carbocycles. The predicted octanol–water partition coefficient (Wildman–Crippen LogP) is 4.37. The Morgan fingerprint density at radius 3 is 2.20 bits per heavy atom. The molecule has 1 aliphatic rings. The molecule has 0 aromatic carbocycles. The van der Waals surface area contributed by atoms with Crippen LogP contribution in [0.1, 0.15) is 79.1 Å². The molecular weight excluding hydrogens is 256 g/mol. The predicted molar refractivity (Wildman–Crippen MR) is 77.9 cm³/mol. The molecule has 0 amide bonds. The summed E-state index contributed by atoms with van der Waals surface area (Å²) in [6, 6.07) is 0. The van der Waals surface area contributed by atoms with Crippen molar-refractivity contribution in [2.24, 2.45) is 5.41 Å². The molecule has 0 radical (unpaired) electrons. The van der Waals surface area contributed by atoms with E-state index in [2.05, 4.69) is 13.8 Å². The fourth-order valence-electron chi connectivity index (χ4n) is 2.69. The van der Waals surface area contributed by atoms with Crippen molar-refractivity contribution in [2.45, 2.75) is 84.8 Å². The van der Waals surface area contributed by atoms with Gasteiger partial charge in [0.25, 0.3) is 0 Å². The Kier molecular flexibility index (Phi) is 6.96. The Morgan fingerprint density at radius 1 is 1.05 bits per heavy atom. The molecule has 4 nitrogen and oxygen atoms in total. The summed E-state index contributed by atoms with van der Waals surface area (Å²) in [4.78, 5) is 22.8. The van der Waals surface area contributed by atoms with E-state index in [-0.39, 0.29) is 5.97 Å². The number of carbonyl (C=O) groups excluding carboxylic acids is 1. The van der Waals surface area contributed by atoms with Gasteiger partial charge in [-0.25, -0.2) is 0 Å². The first kappa shape index (κ1) is 17.4. The topological polar surface area (TPSA) is 51.4 Å². The molecule has 1 heterocycles. The minimum Gasteiger partial charge on any atom is -0.465 e. The Bertz CT molecular complexity index is 299. The van der Waals surface area contributed by atoms with Crippen LogP contribution in [0.15, 0.2) is 0 Å². The van der Waals surface area contributed by atoms with Gasteiger partial charge >= 0.3 is 5.97 Å². The van der Waals surface area contributed by atoms with Gasteiger partial charge in [-0.05, 0) is 26.2 Å². The molecule has 20 heavy (non-hydrogen) atoms. The lowest BCUT2D eigenvalue weighted by Gasteiger charge is -2.31. The van der Waals surface area contributed by atoms with Gasteiger partial charge in [0.15, 0.2) is 0 Å². The van der Waals surface area contributed by atoms with E-state index in [1.807, 2.05) is 13.8 Å². The molecule has 0 aromatic heterocycles. The molecule has 0 aromatic rings. The number of esters is 1. The second kappa shape index (κ2) is 7.99. The van der Waals surface area contributed by atoms with Gasteiger partial charge < -0.3 is 4.74 Å². The fraction of sp³-hybridized carbons (Fsp3) is 0.938. The van der Waals surface area contributed by atoms with E-state index in [9.17, 15) is 4.79 Å². The highest BCUT2D eigenvalue weighted by Crippen LogP contribution is 2.52. The largest absolute Gasteiger partial charge is 0.465 e. The standard InChI is InChI=1S/C16H30O4/c1-5-8-10-11-13-18-14(17)16(7-3,12-9-6-2)15(4)19-20-15/h5-13H2,1-4H3. The summed E-state index contributed by atoms with van der Waals surface area (Å²) < 4.78 is 5.51. The van der Waals surface area contributed by atoms with Crippen molar-refractivity contribution in [3.05, 3.63) is 0 Å². The first-order valence-corrected chi connectivity index (χ1v) is 8.10. The summed E-state index contributed by atoms with van der Waals surface area (Å²) in [5.41, 5.74) is -0.659. The third-order valence-corrected chi connectivity index (χ3v) is 4.39. The van der Waals surface area contributed by atoms with Crippen molar-refractivity contribution in [3.63, 3.8) is 0 Å². The second-order valence-corrected chi connectivity index (χ2v) is 5.85. The Balaban J connectivity index is 2.56. The average Bonchev–Trinajstić information content (AvgIpc) is 3.19. The second-order valence-electron chi connectivity index (χ2n) is 5.85. The highest BCUT2D eigenvalue weighted by Gasteiger charge is 2.65. The van der Waals surface area contributed by atoms with Crippen molar-refractivity contribution in [2.75, 3.05) is 6.61 Å². The van der Waals surface area contributed by atoms with Crippen LogP contribution in [0, 0.1) is 5.41 Å². The fourth-order valence-corrected chi connectivity index (χ4v) is 2.69. The van der Waals surface area contributed by atoms with Crippen molar-refractivity contribution in [1.29, 1.82) is 0 Å². The number of hydrogen-bond donors (Lipinski definition) is 0. The maximum atomic E-state index is 12.5. The summed E-state index contributed by atoms with van der Waals surface area (Å²) in [7, 11) is 0. The van der Waals surface area contributed by atoms with E-state index in [0.29, 0.717) is 13.0 Å². The summed E-state index contributed by atoms with van der Waals surface area (Å²) >= 11 is 0. The minimum absolute atomic E-state index is 0.162. The molecular formula is C16H30O4. The van der Waals surface area contributed by atoms with E-state index in [0.717, 1.165) is 32.1 Å². The number of unbranched alkanes of at least 4 members (excludes halogenated alkanes) is 4. The summed E-state index contributed by atoms with van der Waals surface area (Å²) in [5, 5.41) is 0. The lowest BCUT2D eigenvalue weighted by molar-refractivity contribution is -0.162. The zero-order valence-corrected chi connectivity index (χ0v) is 13.5. The normalized spacial score (nSPS) is 19.4. The zero-order chi connectivity index (χ0) is 15.1. The highest BCUT2D eigenvalue weighted by molar-refractivity contribution is 5.78. The molecule has 1 unspecified atom stereocenters. The molecule has 0 bridgehead atoms. The van der Waals surface area contributed by atoms with Crippen molar-refractivity contribution < 1.29 is 19.3 Å². The third kappa shape index (κ3) is 3.95. The monoisotopic (exact) mass is 286 g/mol. The lowest BCUT2D eigenvalue weighted by atomic mass is 9.74. The van der Waals surface area contributed by atoms with Crippen LogP contribution < -0.4 is 0 Å². The van der Waals surface area contributed by atoms with E-state index in [4.69, 9.17) is 14.5 Å². The van der Waals surface area contributed by atoms with Crippen LogP contribution in [0.4, 0.5) is 0 Å². The molecule has 118 valence electrons. The quantitative estimate of drug-likeness (QED) is 0.245. The average molecular weight is 286 g/mol. The molecule has 1 aliphatic heterocycles. The molecule has 1 fully saturated rings. The molecule has 0 N–H and O–H groups in total. The van der Waals surface area contributed by atoms with Gasteiger partial charge in [-0.1, -0.05) is 52.9 Å². The molecule has 0 spiro atoms. The van der Waals surface area contributed by atoms with Crippen LogP contribution in [0.25, 0.3) is 0 Å². The van der Waals surface area contributed by atoms with Crippen LogP contribution in [-0.4, -0.2) is 18.4 Å². The first-order chi connectivity index (χ1) is 9.56. The van der Waals surface area contributed by atoms with Crippen LogP contribution in [-0.2, 0) is 19.3 Å². The summed E-state index contributed by atoms with van der Waals surface area (Å²) in [5.74, 6) is -0.956. The maximum Gasteiger partial charge on any atom is 0.317 e. The smallest absolute Gasteiger partial charge is 0.317 e. The maximum absolute atomic E-state index is 12.5. The van der Waals surface area contributed by atoms with E-state index >= 15 is 0 Å². The highest BCUT2D eigenvalue weighted by atomic mass is 17.4. The zero-order valence-electron chi connectivity index (χ0n) is 13.5. The Morgan fingerprint density at radius 2 is 1.70 bits per heavy atom. The van der Waals surface area contributed by atoms with Crippen LogP contribution in [0.2, 0.25) is 0 Å². The van der Waals surface area contributed by atoms with Gasteiger partial charge in [0.2, 0.25) is 5.79 Å². The molecule has 0 aliphatic carbocycles. The summed E-state index contributed by atoms with van der Waals surface area (Å²) in [6.07, 6.45) is 7.87. The van der Waals surface area contributed by atoms with Gasteiger partial charge in [0.1, 0.15) is 5.41 Å². The Hall–Kier alpha value is -0.610. The van der Waals surface area contributed by atoms with Gasteiger partial charge in [-0.2, -0.15) is 9.78 Å². The number of carbonyl (C=O) groups is 1. The van der Waals surface area contributed by atoms with Gasteiger partial charge in [0.05, 0.1) is 6.61 Å². The molecule has 1 saturated heterocycles. The molecule has 4 heteroatoms. The van der Waals surface area contributed by atoms with Crippen LogP contribution >= 0.6 is 0 Å². The van der Waals surface area contributed by atoms with E-state index in [1.165, 1.54) is 12.8 Å². The van der Waals surface area contributed by atoms with Crippen molar-refractivity contribution >= 4 is 5.97 Å². The molecule has 1 atom stereocenters. The number of ether oxygens (including phenoxy) is 1. The van der Waals surface area contributed by atoms with Gasteiger partial charge in [-0.3, -0.25) is 4.79 Å². The minimum atomic E-state index is -0.794. The molecule has 1 rings (SSSR count). The Labute approximate surface area is 123 Å². The van der Waals surface area contributed by atoms with E-state index < -0.39 is 11.2 Å². The van der Waals surface area contributed by atoms with Crippen LogP contribution in [0.5, 0.6) is 0 Å². The van der Waals surface area contributed by atoms with Gasteiger partial charge in [-0.15, -0.1) is 0 Å². The number of rotatable bonds is 11. The van der Waals surface area contributed by atoms with Gasteiger partial charge in [0, 0.05) is 0 Å². The first-order valence-electron chi connectivity index (χ1n) is 8.10. The van der Waals surface area contributed by atoms with Crippen LogP contribution in [0.3, 0.4) is 0 Å². The summed E-state index contributed by atoms with van der Waals surface area (Å²) in [6.45, 7) is 8.63. The third-order valence-electron chi connectivity index (χ3n) is 4.39. The lowest BCUT2D eigenvalue weighted by Crippen LogP contribution is -2.44.